The highest BCUT2D eigenvalue weighted by atomic mass is 16.5. The maximum absolute atomic E-state index is 9.77. The number of rotatable bonds is 7. The summed E-state index contributed by atoms with van der Waals surface area (Å²) in [5.74, 6) is 1.75. The van der Waals surface area contributed by atoms with Crippen molar-refractivity contribution in [3.63, 3.8) is 0 Å². The molecular formula is C19H33NO2. The second-order valence-electron chi connectivity index (χ2n) is 7.74. The normalized spacial score (nSPS) is 15.0. The summed E-state index contributed by atoms with van der Waals surface area (Å²) >= 11 is 0. The van der Waals surface area contributed by atoms with E-state index >= 15 is 0 Å². The van der Waals surface area contributed by atoms with Crippen LogP contribution in [0.4, 0.5) is 0 Å². The average molecular weight is 307 g/mol. The number of aliphatic hydroxyl groups is 1. The van der Waals surface area contributed by atoms with Crippen LogP contribution in [-0.4, -0.2) is 24.4 Å². The highest BCUT2D eigenvalue weighted by molar-refractivity contribution is 5.42. The molecule has 0 fully saturated rings. The molecule has 2 atom stereocenters. The Bertz CT molecular complexity index is 463. The van der Waals surface area contributed by atoms with Gasteiger partial charge in [0.1, 0.15) is 5.75 Å². The first-order valence-electron chi connectivity index (χ1n) is 8.30. The predicted octanol–water partition coefficient (Wildman–Crippen LogP) is 3.83. The summed E-state index contributed by atoms with van der Waals surface area (Å²) in [6.45, 7) is 14.1. The minimum absolute atomic E-state index is 0.0223. The third-order valence-electron chi connectivity index (χ3n) is 3.85. The molecule has 0 spiro atoms. The van der Waals surface area contributed by atoms with Crippen LogP contribution in [0.1, 0.15) is 65.0 Å². The molecule has 0 saturated heterocycles. The second-order valence-corrected chi connectivity index (χ2v) is 7.74. The Balaban J connectivity index is 3.04. The third kappa shape index (κ3) is 5.62. The zero-order chi connectivity index (χ0) is 16.9. The van der Waals surface area contributed by atoms with Crippen molar-refractivity contribution in [1.82, 2.24) is 0 Å². The van der Waals surface area contributed by atoms with Gasteiger partial charge in [0.05, 0.1) is 12.7 Å². The van der Waals surface area contributed by atoms with E-state index in [1.807, 2.05) is 0 Å². The van der Waals surface area contributed by atoms with E-state index < -0.39 is 6.10 Å². The molecule has 2 unspecified atom stereocenters. The first kappa shape index (κ1) is 19.0. The summed E-state index contributed by atoms with van der Waals surface area (Å²) in [5.41, 5.74) is 7.99. The fourth-order valence-corrected chi connectivity index (χ4v) is 2.46. The lowest BCUT2D eigenvalue weighted by Crippen LogP contribution is -2.22. The van der Waals surface area contributed by atoms with Crippen LogP contribution in [-0.2, 0) is 5.41 Å². The molecule has 3 nitrogen and oxygen atoms in total. The van der Waals surface area contributed by atoms with E-state index in [0.29, 0.717) is 18.9 Å². The van der Waals surface area contributed by atoms with Crippen molar-refractivity contribution in [2.45, 2.75) is 65.4 Å². The fraction of sp³-hybridized carbons (Fsp3) is 0.684. The van der Waals surface area contributed by atoms with E-state index in [2.05, 4.69) is 59.7 Å². The topological polar surface area (TPSA) is 55.5 Å². The van der Waals surface area contributed by atoms with Crippen LogP contribution >= 0.6 is 0 Å². The monoisotopic (exact) mass is 307 g/mol. The van der Waals surface area contributed by atoms with Gasteiger partial charge in [0, 0.05) is 6.54 Å². The molecule has 0 heterocycles. The maximum Gasteiger partial charge on any atom is 0.123 e. The van der Waals surface area contributed by atoms with Gasteiger partial charge < -0.3 is 15.6 Å². The zero-order valence-electron chi connectivity index (χ0n) is 15.0. The summed E-state index contributed by atoms with van der Waals surface area (Å²) in [5, 5.41) is 9.77. The second kappa shape index (κ2) is 7.98. The Labute approximate surface area is 135 Å². The number of hydrogen-bond donors (Lipinski definition) is 2. The SMILES string of the molecule is CC(C)COc1ccc(C(C)CC(O)CN)cc1C(C)(C)C. The molecule has 0 aromatic heterocycles. The Morgan fingerprint density at radius 1 is 1.18 bits per heavy atom. The summed E-state index contributed by atoms with van der Waals surface area (Å²) in [6.07, 6.45) is 0.247. The molecule has 1 aromatic rings. The summed E-state index contributed by atoms with van der Waals surface area (Å²) in [7, 11) is 0. The number of hydrogen-bond acceptors (Lipinski definition) is 3. The van der Waals surface area contributed by atoms with Crippen molar-refractivity contribution in [2.24, 2.45) is 11.7 Å². The van der Waals surface area contributed by atoms with Crippen LogP contribution in [0.15, 0.2) is 18.2 Å². The van der Waals surface area contributed by atoms with Crippen molar-refractivity contribution >= 4 is 0 Å². The standard InChI is InChI=1S/C19H33NO2/c1-13(2)12-22-18-8-7-15(10-17(18)19(4,5)6)14(3)9-16(21)11-20/h7-8,10,13-14,16,21H,9,11-12,20H2,1-6H3. The molecule has 0 amide bonds. The molecule has 22 heavy (non-hydrogen) atoms. The minimum Gasteiger partial charge on any atom is -0.493 e. The van der Waals surface area contributed by atoms with Crippen molar-refractivity contribution in [3.8, 4) is 5.75 Å². The molecule has 0 aliphatic heterocycles. The van der Waals surface area contributed by atoms with Crippen molar-refractivity contribution in [3.05, 3.63) is 29.3 Å². The third-order valence-corrected chi connectivity index (χ3v) is 3.85. The van der Waals surface area contributed by atoms with Crippen LogP contribution < -0.4 is 10.5 Å². The van der Waals surface area contributed by atoms with Gasteiger partial charge in [-0.1, -0.05) is 53.7 Å². The van der Waals surface area contributed by atoms with Gasteiger partial charge >= 0.3 is 0 Å². The molecule has 3 heteroatoms. The van der Waals surface area contributed by atoms with E-state index in [0.717, 1.165) is 12.4 Å². The van der Waals surface area contributed by atoms with E-state index in [9.17, 15) is 5.11 Å². The van der Waals surface area contributed by atoms with Crippen LogP contribution in [0.25, 0.3) is 0 Å². The van der Waals surface area contributed by atoms with Gasteiger partial charge in [-0.25, -0.2) is 0 Å². The fourth-order valence-electron chi connectivity index (χ4n) is 2.46. The van der Waals surface area contributed by atoms with E-state index in [-0.39, 0.29) is 11.3 Å². The Kier molecular flexibility index (Phi) is 6.89. The molecule has 0 aliphatic carbocycles. The van der Waals surface area contributed by atoms with Gasteiger partial charge in [0.15, 0.2) is 0 Å². The lowest BCUT2D eigenvalue weighted by Gasteiger charge is -2.26. The number of benzene rings is 1. The van der Waals surface area contributed by atoms with Gasteiger partial charge in [0.25, 0.3) is 0 Å². The van der Waals surface area contributed by atoms with E-state index in [4.69, 9.17) is 10.5 Å². The molecular weight excluding hydrogens is 274 g/mol. The molecule has 1 aromatic carbocycles. The van der Waals surface area contributed by atoms with Gasteiger partial charge in [-0.15, -0.1) is 0 Å². The lowest BCUT2D eigenvalue weighted by atomic mass is 9.83. The molecule has 0 aliphatic rings. The Morgan fingerprint density at radius 3 is 2.32 bits per heavy atom. The van der Waals surface area contributed by atoms with Crippen LogP contribution in [0.5, 0.6) is 5.75 Å². The van der Waals surface area contributed by atoms with Crippen molar-refractivity contribution in [1.29, 1.82) is 0 Å². The molecule has 3 N–H and O–H groups in total. The first-order valence-corrected chi connectivity index (χ1v) is 8.30. The molecule has 0 radical (unpaired) electrons. The average Bonchev–Trinajstić information content (AvgIpc) is 2.43. The quantitative estimate of drug-likeness (QED) is 0.805. The number of ether oxygens (including phenoxy) is 1. The highest BCUT2D eigenvalue weighted by Gasteiger charge is 2.21. The number of nitrogens with two attached hydrogens (primary N) is 1. The summed E-state index contributed by atoms with van der Waals surface area (Å²) < 4.78 is 5.99. The smallest absolute Gasteiger partial charge is 0.123 e. The van der Waals surface area contributed by atoms with Gasteiger partial charge in [0.2, 0.25) is 0 Å². The highest BCUT2D eigenvalue weighted by Crippen LogP contribution is 2.35. The van der Waals surface area contributed by atoms with E-state index in [1.165, 1.54) is 11.1 Å². The Morgan fingerprint density at radius 2 is 1.82 bits per heavy atom. The lowest BCUT2D eigenvalue weighted by molar-refractivity contribution is 0.165. The van der Waals surface area contributed by atoms with Crippen LogP contribution in [0.3, 0.4) is 0 Å². The number of aliphatic hydroxyl groups excluding tert-OH is 1. The summed E-state index contributed by atoms with van der Waals surface area (Å²) in [4.78, 5) is 0. The van der Waals surface area contributed by atoms with Gasteiger partial charge in [-0.3, -0.25) is 0 Å². The molecule has 126 valence electrons. The van der Waals surface area contributed by atoms with Crippen LogP contribution in [0.2, 0.25) is 0 Å². The predicted molar refractivity (Wildman–Crippen MR) is 93.6 cm³/mol. The van der Waals surface area contributed by atoms with Crippen molar-refractivity contribution < 1.29 is 9.84 Å². The largest absolute Gasteiger partial charge is 0.493 e. The van der Waals surface area contributed by atoms with Crippen LogP contribution in [0, 0.1) is 5.92 Å². The van der Waals surface area contributed by atoms with Gasteiger partial charge in [-0.05, 0) is 40.9 Å². The van der Waals surface area contributed by atoms with E-state index in [1.54, 1.807) is 0 Å². The zero-order valence-corrected chi connectivity index (χ0v) is 15.0. The minimum atomic E-state index is -0.440. The summed E-state index contributed by atoms with van der Waals surface area (Å²) in [6, 6.07) is 6.41. The maximum atomic E-state index is 9.77. The molecule has 0 saturated carbocycles. The van der Waals surface area contributed by atoms with Crippen molar-refractivity contribution in [2.75, 3.05) is 13.2 Å². The molecule has 1 rings (SSSR count). The first-order chi connectivity index (χ1) is 10.1. The van der Waals surface area contributed by atoms with Gasteiger partial charge in [-0.2, -0.15) is 0 Å². The molecule has 0 bridgehead atoms. The Hall–Kier alpha value is -1.06.